The van der Waals surface area contributed by atoms with E-state index in [0.29, 0.717) is 57.3 Å². The van der Waals surface area contributed by atoms with E-state index in [0.717, 1.165) is 11.1 Å². The number of rotatable bonds is 8. The van der Waals surface area contributed by atoms with Gasteiger partial charge in [-0.3, -0.25) is 9.80 Å². The molecule has 1 saturated heterocycles. The van der Waals surface area contributed by atoms with Crippen molar-refractivity contribution in [3.05, 3.63) is 88.0 Å². The van der Waals surface area contributed by atoms with Gasteiger partial charge in [0.2, 0.25) is 5.95 Å². The van der Waals surface area contributed by atoms with Crippen LogP contribution < -0.4 is 21.9 Å². The van der Waals surface area contributed by atoms with Crippen molar-refractivity contribution in [3.63, 3.8) is 0 Å². The second kappa shape index (κ2) is 11.9. The number of hydrogen-bond acceptors (Lipinski definition) is 9. The molecule has 2 aromatic carbocycles. The Morgan fingerprint density at radius 2 is 2.10 bits per heavy atom. The van der Waals surface area contributed by atoms with Crippen LogP contribution in [0.4, 0.5) is 15.9 Å². The number of nitrogens with two attached hydrogens (primary N) is 2. The number of halogens is 3. The predicted molar refractivity (Wildman–Crippen MR) is 164 cm³/mol. The average molecular weight is 612 g/mol. The van der Waals surface area contributed by atoms with E-state index in [1.165, 1.54) is 17.3 Å². The minimum atomic E-state index is -0.545. The number of carbonyl (C=O) groups excluding carboxylic acids is 1. The Labute approximate surface area is 251 Å². The summed E-state index contributed by atoms with van der Waals surface area (Å²) < 4.78 is 20.6. The maximum atomic E-state index is 15.2. The molecule has 13 heteroatoms. The fraction of sp³-hybridized carbons (Fsp3) is 0.207. The fourth-order valence-electron chi connectivity index (χ4n) is 5.28. The molecule has 5 rings (SSSR count). The van der Waals surface area contributed by atoms with Gasteiger partial charge in [0.1, 0.15) is 23.0 Å². The highest BCUT2D eigenvalue weighted by Crippen LogP contribution is 2.43. The summed E-state index contributed by atoms with van der Waals surface area (Å²) in [6.45, 7) is 2.06. The van der Waals surface area contributed by atoms with Crippen LogP contribution in [0.3, 0.4) is 0 Å². The lowest BCUT2D eigenvalue weighted by molar-refractivity contribution is -0.104. The summed E-state index contributed by atoms with van der Waals surface area (Å²) in [5.41, 5.74) is 9.49. The Morgan fingerprint density at radius 1 is 1.31 bits per heavy atom. The number of imidazole rings is 1. The molecule has 218 valence electrons. The van der Waals surface area contributed by atoms with Gasteiger partial charge in [0.15, 0.2) is 11.4 Å². The van der Waals surface area contributed by atoms with Crippen molar-refractivity contribution >= 4 is 57.5 Å². The first-order valence-electron chi connectivity index (χ1n) is 13.0. The number of anilines is 2. The third-order valence-electron chi connectivity index (χ3n) is 7.29. The zero-order valence-corrected chi connectivity index (χ0v) is 24.5. The number of fused-ring (bicyclic) bond motifs is 1. The summed E-state index contributed by atoms with van der Waals surface area (Å²) in [5, 5.41) is 9.43. The van der Waals surface area contributed by atoms with Crippen molar-refractivity contribution in [1.82, 2.24) is 20.0 Å². The van der Waals surface area contributed by atoms with Crippen LogP contribution in [0, 0.1) is 11.9 Å². The van der Waals surface area contributed by atoms with Crippen molar-refractivity contribution in [2.45, 2.75) is 19.4 Å². The summed E-state index contributed by atoms with van der Waals surface area (Å²) >= 11 is 12.2. The fourth-order valence-corrected chi connectivity index (χ4v) is 5.56. The standard InChI is InChI=1S/C29H29Cl2FN8O2/c1-15-10-23(29-36-26(27(32)37-29)17-4-6-19-24(12-17)42-38-28(19)35-2)39(3)22(15)11-16(8-9-41)20-13-18(30)5-7-21(20)40(34)14-25(31)33/h4-9,11-15,23H,10,33-34H2,1-3H3,(H,35,38)(H,36,37)/b16-8+,22-11-,25-14-/t15-,23?/m1/s1. The van der Waals surface area contributed by atoms with Gasteiger partial charge in [0.25, 0.3) is 0 Å². The topological polar surface area (TPSA) is 142 Å². The Balaban J connectivity index is 1.48. The van der Waals surface area contributed by atoms with Gasteiger partial charge in [-0.25, -0.2) is 10.8 Å². The van der Waals surface area contributed by atoms with E-state index >= 15 is 4.39 Å². The van der Waals surface area contributed by atoms with E-state index in [-0.39, 0.29) is 22.8 Å². The van der Waals surface area contributed by atoms with E-state index in [2.05, 4.69) is 27.4 Å². The number of nitrogens with one attached hydrogen (secondary N) is 2. The maximum Gasteiger partial charge on any atom is 0.219 e. The Bertz CT molecular complexity index is 1740. The first-order chi connectivity index (χ1) is 20.1. The molecule has 0 spiro atoms. The number of aromatic amines is 1. The summed E-state index contributed by atoms with van der Waals surface area (Å²) in [4.78, 5) is 21.2. The molecular formula is C29H29Cl2FN8O2. The van der Waals surface area contributed by atoms with Crippen molar-refractivity contribution in [1.29, 1.82) is 0 Å². The van der Waals surface area contributed by atoms with Crippen LogP contribution in [-0.2, 0) is 4.79 Å². The minimum absolute atomic E-state index is 0.0156. The van der Waals surface area contributed by atoms with Crippen LogP contribution in [-0.4, -0.2) is 40.4 Å². The van der Waals surface area contributed by atoms with Crippen LogP contribution in [0.1, 0.15) is 30.8 Å². The molecule has 0 radical (unpaired) electrons. The van der Waals surface area contributed by atoms with Crippen molar-refractivity contribution in [2.24, 2.45) is 17.5 Å². The Kier molecular flexibility index (Phi) is 8.26. The second-order valence-electron chi connectivity index (χ2n) is 9.95. The van der Waals surface area contributed by atoms with E-state index in [1.54, 1.807) is 37.4 Å². The zero-order chi connectivity index (χ0) is 30.1. The quantitative estimate of drug-likeness (QED) is 0.0629. The molecule has 1 unspecified atom stereocenters. The van der Waals surface area contributed by atoms with Gasteiger partial charge < -0.3 is 25.5 Å². The van der Waals surface area contributed by atoms with Gasteiger partial charge in [-0.1, -0.05) is 41.3 Å². The molecule has 0 amide bonds. The van der Waals surface area contributed by atoms with E-state index in [1.807, 2.05) is 24.1 Å². The van der Waals surface area contributed by atoms with Crippen molar-refractivity contribution in [2.75, 3.05) is 24.4 Å². The summed E-state index contributed by atoms with van der Waals surface area (Å²) in [6, 6.07) is 10.1. The normalized spacial score (nSPS) is 18.7. The number of carbonyl (C=O) groups is 1. The predicted octanol–water partition coefficient (Wildman–Crippen LogP) is 5.91. The first kappa shape index (κ1) is 29.2. The number of aromatic nitrogens is 3. The molecule has 6 N–H and O–H groups in total. The summed E-state index contributed by atoms with van der Waals surface area (Å²) in [6.07, 6.45) is 6.03. The van der Waals surface area contributed by atoms with Crippen LogP contribution in [0.5, 0.6) is 0 Å². The number of aldehydes is 1. The number of H-pyrrole nitrogens is 1. The molecular weight excluding hydrogens is 582 g/mol. The van der Waals surface area contributed by atoms with Crippen LogP contribution in [0.15, 0.2) is 70.1 Å². The smallest absolute Gasteiger partial charge is 0.219 e. The monoisotopic (exact) mass is 610 g/mol. The van der Waals surface area contributed by atoms with Gasteiger partial charge >= 0.3 is 0 Å². The van der Waals surface area contributed by atoms with Gasteiger partial charge in [-0.05, 0) is 60.4 Å². The summed E-state index contributed by atoms with van der Waals surface area (Å²) in [7, 11) is 3.66. The molecule has 1 fully saturated rings. The van der Waals surface area contributed by atoms with Gasteiger partial charge in [-0.2, -0.15) is 4.39 Å². The molecule has 3 heterocycles. The van der Waals surface area contributed by atoms with Gasteiger partial charge in [0.05, 0.1) is 23.3 Å². The van der Waals surface area contributed by atoms with E-state index in [4.69, 9.17) is 39.3 Å². The second-order valence-corrected chi connectivity index (χ2v) is 10.8. The molecule has 10 nitrogen and oxygen atoms in total. The van der Waals surface area contributed by atoms with Gasteiger partial charge in [0, 0.05) is 35.9 Å². The molecule has 2 atom stereocenters. The van der Waals surface area contributed by atoms with Crippen LogP contribution >= 0.6 is 23.2 Å². The Morgan fingerprint density at radius 3 is 2.81 bits per heavy atom. The van der Waals surface area contributed by atoms with E-state index in [9.17, 15) is 4.79 Å². The lowest BCUT2D eigenvalue weighted by Gasteiger charge is -2.23. The third kappa shape index (κ3) is 5.58. The molecule has 1 aliphatic rings. The largest absolute Gasteiger partial charge is 0.388 e. The maximum absolute atomic E-state index is 15.2. The van der Waals surface area contributed by atoms with Crippen LogP contribution in [0.25, 0.3) is 27.8 Å². The zero-order valence-electron chi connectivity index (χ0n) is 23.0. The number of likely N-dealkylation sites (tertiary alicyclic amines) is 1. The molecule has 2 aromatic heterocycles. The van der Waals surface area contributed by atoms with Crippen LogP contribution in [0.2, 0.25) is 5.02 Å². The third-order valence-corrected chi connectivity index (χ3v) is 7.63. The lowest BCUT2D eigenvalue weighted by Crippen LogP contribution is -2.26. The molecule has 0 saturated carbocycles. The lowest BCUT2D eigenvalue weighted by atomic mass is 9.98. The SMILES string of the molecule is CNc1noc2cc(-c3nc(C4C[C@@H](C)/C(=C/C(=C\C=O)c5cc(Cl)ccc5N(N)/C=C(\N)Cl)N4C)[nH]c3F)ccc12. The number of nitrogens with zero attached hydrogens (tertiary/aromatic N) is 4. The van der Waals surface area contributed by atoms with Crippen molar-refractivity contribution in [3.8, 4) is 11.3 Å². The highest BCUT2D eigenvalue weighted by atomic mass is 35.5. The molecule has 0 aliphatic carbocycles. The van der Waals surface area contributed by atoms with Gasteiger partial charge in [-0.15, -0.1) is 0 Å². The van der Waals surface area contributed by atoms with Crippen molar-refractivity contribution < 1.29 is 13.7 Å². The number of benzene rings is 2. The average Bonchev–Trinajstić information content (AvgIpc) is 3.62. The summed E-state index contributed by atoms with van der Waals surface area (Å²) in [5.74, 6) is 6.77. The molecule has 42 heavy (non-hydrogen) atoms. The number of hydrogen-bond donors (Lipinski definition) is 4. The first-order valence-corrected chi connectivity index (χ1v) is 13.8. The highest BCUT2D eigenvalue weighted by molar-refractivity contribution is 6.31. The number of hydrazine groups is 1. The Hall–Kier alpha value is -4.32. The molecule has 4 aromatic rings. The highest BCUT2D eigenvalue weighted by Gasteiger charge is 2.35. The molecule has 1 aliphatic heterocycles. The minimum Gasteiger partial charge on any atom is -0.388 e. The van der Waals surface area contributed by atoms with E-state index < -0.39 is 5.95 Å². The molecule has 0 bridgehead atoms. The number of allylic oxidation sites excluding steroid dienone is 4.